The highest BCUT2D eigenvalue weighted by atomic mass is 16.7. The quantitative estimate of drug-likeness (QED) is 0.754. The summed E-state index contributed by atoms with van der Waals surface area (Å²) in [5, 5.41) is 10.1. The van der Waals surface area contributed by atoms with Crippen LogP contribution in [0.25, 0.3) is 11.1 Å². The highest BCUT2D eigenvalue weighted by Crippen LogP contribution is 2.19. The molecule has 3 nitrogen and oxygen atoms in total. The summed E-state index contributed by atoms with van der Waals surface area (Å²) in [5.74, 6) is 0. The second kappa shape index (κ2) is 5.16. The summed E-state index contributed by atoms with van der Waals surface area (Å²) < 4.78 is 4.38. The molecule has 0 N–H and O–H groups in total. The number of rotatable bonds is 3. The van der Waals surface area contributed by atoms with Crippen molar-refractivity contribution in [1.82, 2.24) is 0 Å². The summed E-state index contributed by atoms with van der Waals surface area (Å²) in [7, 11) is 0. The van der Waals surface area contributed by atoms with Crippen molar-refractivity contribution >= 4 is 6.16 Å². The predicted octanol–water partition coefficient (Wildman–Crippen LogP) is 3.42. The first-order chi connectivity index (χ1) is 8.25. The topological polar surface area (TPSA) is 46.2 Å². The predicted molar refractivity (Wildman–Crippen MR) is 62.7 cm³/mol. The maximum absolute atomic E-state index is 10.1. The van der Waals surface area contributed by atoms with Crippen LogP contribution in [-0.2, 0) is 16.5 Å². The SMILES string of the molecule is [O]C(=O)OCc1ccc(-c2ccccc2)cc1. The Morgan fingerprint density at radius 2 is 1.47 bits per heavy atom. The van der Waals surface area contributed by atoms with Gasteiger partial charge >= 0.3 is 6.16 Å². The van der Waals surface area contributed by atoms with E-state index in [4.69, 9.17) is 0 Å². The number of carbonyl (C=O) groups excluding carboxylic acids is 1. The van der Waals surface area contributed by atoms with Gasteiger partial charge in [-0.1, -0.05) is 54.6 Å². The van der Waals surface area contributed by atoms with E-state index >= 15 is 0 Å². The van der Waals surface area contributed by atoms with Gasteiger partial charge in [-0.25, -0.2) is 0 Å². The van der Waals surface area contributed by atoms with Gasteiger partial charge in [0, 0.05) is 0 Å². The van der Waals surface area contributed by atoms with Crippen LogP contribution in [0.5, 0.6) is 0 Å². The third kappa shape index (κ3) is 3.08. The molecule has 0 atom stereocenters. The number of carbonyl (C=O) groups is 1. The van der Waals surface area contributed by atoms with E-state index in [0.717, 1.165) is 16.7 Å². The molecule has 0 aliphatic heterocycles. The minimum absolute atomic E-state index is 0.0252. The van der Waals surface area contributed by atoms with Crippen LogP contribution >= 0.6 is 0 Å². The van der Waals surface area contributed by atoms with E-state index in [0.29, 0.717) is 0 Å². The van der Waals surface area contributed by atoms with Gasteiger partial charge in [0.25, 0.3) is 0 Å². The van der Waals surface area contributed by atoms with Gasteiger partial charge in [0.2, 0.25) is 0 Å². The van der Waals surface area contributed by atoms with Crippen molar-refractivity contribution in [2.75, 3.05) is 0 Å². The van der Waals surface area contributed by atoms with Crippen molar-refractivity contribution in [3.63, 3.8) is 0 Å². The Kier molecular flexibility index (Phi) is 3.40. The van der Waals surface area contributed by atoms with E-state index < -0.39 is 6.16 Å². The maximum atomic E-state index is 10.1. The van der Waals surface area contributed by atoms with Gasteiger partial charge < -0.3 is 4.74 Å². The van der Waals surface area contributed by atoms with Crippen molar-refractivity contribution in [2.45, 2.75) is 6.61 Å². The Hall–Kier alpha value is -2.29. The molecule has 0 aliphatic rings. The Morgan fingerprint density at radius 3 is 2.06 bits per heavy atom. The second-order valence-electron chi connectivity index (χ2n) is 3.60. The molecular formula is C14H11O3. The number of hydrogen-bond donors (Lipinski definition) is 0. The first-order valence-electron chi connectivity index (χ1n) is 5.24. The lowest BCUT2D eigenvalue weighted by atomic mass is 10.0. The second-order valence-corrected chi connectivity index (χ2v) is 3.60. The van der Waals surface area contributed by atoms with E-state index in [-0.39, 0.29) is 6.61 Å². The van der Waals surface area contributed by atoms with Gasteiger partial charge in [0.05, 0.1) is 0 Å². The van der Waals surface area contributed by atoms with Gasteiger partial charge in [0.1, 0.15) is 6.61 Å². The van der Waals surface area contributed by atoms with Crippen LogP contribution in [-0.4, -0.2) is 6.16 Å². The number of ether oxygens (including phenoxy) is 1. The van der Waals surface area contributed by atoms with Crippen LogP contribution in [0.3, 0.4) is 0 Å². The number of benzene rings is 2. The lowest BCUT2D eigenvalue weighted by Gasteiger charge is -2.03. The standard InChI is InChI=1S/C14H11O3/c15-14(16)17-10-11-6-8-13(9-7-11)12-4-2-1-3-5-12/h1-9H,10H2. The Balaban J connectivity index is 2.11. The van der Waals surface area contributed by atoms with Crippen molar-refractivity contribution < 1.29 is 14.6 Å². The van der Waals surface area contributed by atoms with Crippen LogP contribution in [0.1, 0.15) is 5.56 Å². The zero-order valence-electron chi connectivity index (χ0n) is 9.13. The molecule has 2 aromatic carbocycles. The molecule has 0 saturated carbocycles. The molecule has 0 aliphatic carbocycles. The summed E-state index contributed by atoms with van der Waals surface area (Å²) in [4.78, 5) is 10.1. The molecule has 2 aromatic rings. The van der Waals surface area contributed by atoms with Crippen LogP contribution in [0.4, 0.5) is 4.79 Å². The molecule has 0 aromatic heterocycles. The summed E-state index contributed by atoms with van der Waals surface area (Å²) in [6, 6.07) is 17.5. The summed E-state index contributed by atoms with van der Waals surface area (Å²) in [6.45, 7) is 0.0252. The van der Waals surface area contributed by atoms with Crippen molar-refractivity contribution in [3.05, 3.63) is 60.2 Å². The van der Waals surface area contributed by atoms with Gasteiger partial charge in [-0.05, 0) is 16.7 Å². The molecule has 17 heavy (non-hydrogen) atoms. The largest absolute Gasteiger partial charge is 0.550 e. The normalized spacial score (nSPS) is 9.88. The highest BCUT2D eigenvalue weighted by Gasteiger charge is 2.01. The third-order valence-electron chi connectivity index (χ3n) is 2.42. The summed E-state index contributed by atoms with van der Waals surface area (Å²) in [6.07, 6.45) is -1.50. The molecule has 0 saturated heterocycles. The first kappa shape index (κ1) is 11.2. The maximum Gasteiger partial charge on any atom is 0.550 e. The fourth-order valence-corrected chi connectivity index (χ4v) is 1.57. The first-order valence-corrected chi connectivity index (χ1v) is 5.24. The Morgan fingerprint density at radius 1 is 0.882 bits per heavy atom. The molecule has 0 amide bonds. The van der Waals surface area contributed by atoms with Gasteiger partial charge in [-0.15, -0.1) is 0 Å². The van der Waals surface area contributed by atoms with Crippen molar-refractivity contribution in [1.29, 1.82) is 0 Å². The Bertz CT molecular complexity index is 489. The fraction of sp³-hybridized carbons (Fsp3) is 0.0714. The lowest BCUT2D eigenvalue weighted by molar-refractivity contribution is 0.0619. The molecule has 2 rings (SSSR count). The average Bonchev–Trinajstić information content (AvgIpc) is 2.38. The minimum atomic E-state index is -1.50. The van der Waals surface area contributed by atoms with Gasteiger partial charge in [-0.3, -0.25) is 0 Å². The van der Waals surface area contributed by atoms with Crippen molar-refractivity contribution in [2.24, 2.45) is 0 Å². The molecule has 85 valence electrons. The van der Waals surface area contributed by atoms with E-state index in [1.165, 1.54) is 0 Å². The van der Waals surface area contributed by atoms with Crippen molar-refractivity contribution in [3.8, 4) is 11.1 Å². The minimum Gasteiger partial charge on any atom is -0.427 e. The molecule has 3 heteroatoms. The van der Waals surface area contributed by atoms with Gasteiger partial charge in [0.15, 0.2) is 0 Å². The lowest BCUT2D eigenvalue weighted by Crippen LogP contribution is -1.98. The molecule has 0 heterocycles. The van der Waals surface area contributed by atoms with E-state index in [1.54, 1.807) is 0 Å². The summed E-state index contributed by atoms with van der Waals surface area (Å²) in [5.41, 5.74) is 3.01. The molecule has 0 unspecified atom stereocenters. The molecule has 1 radical (unpaired) electrons. The zero-order chi connectivity index (χ0) is 12.1. The molecule has 0 spiro atoms. The fourth-order valence-electron chi connectivity index (χ4n) is 1.57. The van der Waals surface area contributed by atoms with Gasteiger partial charge in [-0.2, -0.15) is 9.90 Å². The van der Waals surface area contributed by atoms with E-state index in [1.807, 2.05) is 54.6 Å². The van der Waals surface area contributed by atoms with Crippen LogP contribution in [0.2, 0.25) is 0 Å². The number of hydrogen-bond acceptors (Lipinski definition) is 2. The average molecular weight is 227 g/mol. The molecule has 0 bridgehead atoms. The third-order valence-corrected chi connectivity index (χ3v) is 2.42. The van der Waals surface area contributed by atoms with E-state index in [9.17, 15) is 9.90 Å². The highest BCUT2D eigenvalue weighted by molar-refractivity contribution is 5.63. The molecular weight excluding hydrogens is 216 g/mol. The molecule has 0 fully saturated rings. The van der Waals surface area contributed by atoms with Crippen LogP contribution < -0.4 is 0 Å². The van der Waals surface area contributed by atoms with Crippen LogP contribution in [0, 0.1) is 0 Å². The zero-order valence-corrected chi connectivity index (χ0v) is 9.13. The smallest absolute Gasteiger partial charge is 0.427 e. The summed E-state index contributed by atoms with van der Waals surface area (Å²) >= 11 is 0. The Labute approximate surface area is 99.3 Å². The van der Waals surface area contributed by atoms with Crippen LogP contribution in [0.15, 0.2) is 54.6 Å². The van der Waals surface area contributed by atoms with E-state index in [2.05, 4.69) is 4.74 Å². The monoisotopic (exact) mass is 227 g/mol.